The van der Waals surface area contributed by atoms with Gasteiger partial charge in [0.2, 0.25) is 0 Å². The van der Waals surface area contributed by atoms with Crippen molar-refractivity contribution >= 4 is 5.91 Å². The van der Waals surface area contributed by atoms with Gasteiger partial charge in [0, 0.05) is 25.9 Å². The summed E-state index contributed by atoms with van der Waals surface area (Å²) in [7, 11) is 0. The molecule has 5 nitrogen and oxygen atoms in total. The van der Waals surface area contributed by atoms with Crippen molar-refractivity contribution in [3.63, 3.8) is 0 Å². The molecule has 0 fully saturated rings. The number of rotatable bonds is 6. The van der Waals surface area contributed by atoms with Gasteiger partial charge in [-0.2, -0.15) is 0 Å². The summed E-state index contributed by atoms with van der Waals surface area (Å²) in [6.07, 6.45) is 1.49. The monoisotopic (exact) mass is 238 g/mol. The van der Waals surface area contributed by atoms with E-state index in [1.807, 2.05) is 13.8 Å². The molecule has 1 heterocycles. The first-order chi connectivity index (χ1) is 8.20. The molecule has 0 aliphatic carbocycles. The molecule has 1 N–H and O–H groups in total. The van der Waals surface area contributed by atoms with Crippen LogP contribution in [0.5, 0.6) is 5.75 Å². The number of nitrogens with zero attached hydrogens (tertiary/aromatic N) is 2. The Morgan fingerprint density at radius 2 is 2.29 bits per heavy atom. The summed E-state index contributed by atoms with van der Waals surface area (Å²) in [5.41, 5.74) is 0.0887. The highest BCUT2D eigenvalue weighted by Crippen LogP contribution is 2.14. The Balaban J connectivity index is 2.69. The summed E-state index contributed by atoms with van der Waals surface area (Å²) >= 11 is 0. The smallest absolute Gasteiger partial charge is 0.276 e. The number of aromatic hydroxyl groups is 1. The minimum atomic E-state index is -0.273. The Morgan fingerprint density at radius 1 is 1.53 bits per heavy atom. The Kier molecular flexibility index (Phi) is 5.42. The number of carbonyl (C=O) groups is 1. The van der Waals surface area contributed by atoms with Crippen molar-refractivity contribution in [1.82, 2.24) is 9.88 Å². The zero-order valence-corrected chi connectivity index (χ0v) is 10.2. The van der Waals surface area contributed by atoms with Crippen LogP contribution in [0.2, 0.25) is 0 Å². The number of ether oxygens (including phenoxy) is 1. The lowest BCUT2D eigenvalue weighted by Crippen LogP contribution is -2.34. The highest BCUT2D eigenvalue weighted by Gasteiger charge is 2.18. The summed E-state index contributed by atoms with van der Waals surface area (Å²) < 4.78 is 5.21. The fourth-order valence-corrected chi connectivity index (χ4v) is 1.43. The molecular weight excluding hydrogens is 220 g/mol. The van der Waals surface area contributed by atoms with Crippen molar-refractivity contribution in [1.29, 1.82) is 0 Å². The molecule has 1 aromatic rings. The molecule has 0 unspecified atom stereocenters. The highest BCUT2D eigenvalue weighted by molar-refractivity contribution is 5.94. The van der Waals surface area contributed by atoms with Gasteiger partial charge in [-0.15, -0.1) is 0 Å². The summed E-state index contributed by atoms with van der Waals surface area (Å²) in [5.74, 6) is -0.363. The molecule has 17 heavy (non-hydrogen) atoms. The van der Waals surface area contributed by atoms with Crippen LogP contribution in [-0.4, -0.2) is 47.2 Å². The van der Waals surface area contributed by atoms with Crippen LogP contribution >= 0.6 is 0 Å². The van der Waals surface area contributed by atoms with E-state index in [0.29, 0.717) is 26.3 Å². The van der Waals surface area contributed by atoms with Crippen molar-refractivity contribution in [3.05, 3.63) is 24.0 Å². The maximum Gasteiger partial charge on any atom is 0.276 e. The quantitative estimate of drug-likeness (QED) is 0.758. The lowest BCUT2D eigenvalue weighted by atomic mass is 10.3. The van der Waals surface area contributed by atoms with Crippen molar-refractivity contribution in [2.45, 2.75) is 13.8 Å². The van der Waals surface area contributed by atoms with E-state index in [0.717, 1.165) is 0 Å². The first kappa shape index (κ1) is 13.4. The van der Waals surface area contributed by atoms with Gasteiger partial charge in [-0.3, -0.25) is 4.79 Å². The van der Waals surface area contributed by atoms with Gasteiger partial charge in [0.05, 0.1) is 6.61 Å². The van der Waals surface area contributed by atoms with E-state index in [2.05, 4.69) is 4.98 Å². The molecule has 94 valence electrons. The zero-order chi connectivity index (χ0) is 12.7. The molecule has 0 aliphatic heterocycles. The van der Waals surface area contributed by atoms with E-state index < -0.39 is 0 Å². The van der Waals surface area contributed by atoms with Crippen molar-refractivity contribution in [2.75, 3.05) is 26.3 Å². The second-order valence-electron chi connectivity index (χ2n) is 3.45. The molecule has 0 radical (unpaired) electrons. The van der Waals surface area contributed by atoms with E-state index in [-0.39, 0.29) is 17.4 Å². The number of carbonyl (C=O) groups excluding carboxylic acids is 1. The van der Waals surface area contributed by atoms with Gasteiger partial charge in [0.25, 0.3) is 5.91 Å². The summed E-state index contributed by atoms with van der Waals surface area (Å²) in [4.78, 5) is 17.5. The van der Waals surface area contributed by atoms with E-state index in [4.69, 9.17) is 4.74 Å². The molecule has 0 atom stereocenters. The van der Waals surface area contributed by atoms with Crippen LogP contribution in [0.15, 0.2) is 18.3 Å². The summed E-state index contributed by atoms with van der Waals surface area (Å²) in [6.45, 7) is 5.96. The maximum atomic E-state index is 12.0. The molecular formula is C12H18N2O3. The van der Waals surface area contributed by atoms with Gasteiger partial charge >= 0.3 is 0 Å². The second kappa shape index (κ2) is 6.85. The van der Waals surface area contributed by atoms with Crippen LogP contribution in [-0.2, 0) is 4.74 Å². The molecule has 0 aromatic carbocycles. The van der Waals surface area contributed by atoms with Crippen LogP contribution in [0.1, 0.15) is 24.3 Å². The fraction of sp³-hybridized carbons (Fsp3) is 0.500. The van der Waals surface area contributed by atoms with Crippen LogP contribution in [0.4, 0.5) is 0 Å². The second-order valence-corrected chi connectivity index (χ2v) is 3.45. The van der Waals surface area contributed by atoms with Crippen molar-refractivity contribution in [2.24, 2.45) is 0 Å². The lowest BCUT2D eigenvalue weighted by molar-refractivity contribution is 0.0660. The molecule has 5 heteroatoms. The maximum absolute atomic E-state index is 12.0. The zero-order valence-electron chi connectivity index (χ0n) is 10.2. The van der Waals surface area contributed by atoms with E-state index in [9.17, 15) is 9.90 Å². The molecule has 0 aliphatic rings. The van der Waals surface area contributed by atoms with Crippen LogP contribution < -0.4 is 0 Å². The van der Waals surface area contributed by atoms with E-state index in [1.54, 1.807) is 11.0 Å². The average molecular weight is 238 g/mol. The lowest BCUT2D eigenvalue weighted by Gasteiger charge is -2.20. The standard InChI is InChI=1S/C12H18N2O3/c1-3-14(8-9-17-4-2)12(16)11-10(15)6-5-7-13-11/h5-7,15H,3-4,8-9H2,1-2H3. The van der Waals surface area contributed by atoms with E-state index in [1.165, 1.54) is 12.3 Å². The molecule has 0 saturated heterocycles. The fourth-order valence-electron chi connectivity index (χ4n) is 1.43. The number of aromatic nitrogens is 1. The Hall–Kier alpha value is -1.62. The Bertz CT molecular complexity index is 369. The number of likely N-dealkylation sites (N-methyl/N-ethyl adjacent to an activating group) is 1. The van der Waals surface area contributed by atoms with Crippen molar-refractivity contribution < 1.29 is 14.6 Å². The van der Waals surface area contributed by atoms with Gasteiger partial charge in [-0.25, -0.2) is 4.98 Å². The third-order valence-electron chi connectivity index (χ3n) is 2.37. The predicted molar refractivity (Wildman–Crippen MR) is 64.0 cm³/mol. The van der Waals surface area contributed by atoms with Crippen LogP contribution in [0, 0.1) is 0 Å². The Morgan fingerprint density at radius 3 is 2.88 bits per heavy atom. The largest absolute Gasteiger partial charge is 0.505 e. The van der Waals surface area contributed by atoms with Gasteiger partial charge in [-0.05, 0) is 26.0 Å². The third-order valence-corrected chi connectivity index (χ3v) is 2.37. The minimum absolute atomic E-state index is 0.0887. The molecule has 1 rings (SSSR count). The number of pyridine rings is 1. The highest BCUT2D eigenvalue weighted by atomic mass is 16.5. The number of hydrogen-bond donors (Lipinski definition) is 1. The average Bonchev–Trinajstić information content (AvgIpc) is 2.35. The van der Waals surface area contributed by atoms with E-state index >= 15 is 0 Å². The molecule has 0 saturated carbocycles. The van der Waals surface area contributed by atoms with Gasteiger partial charge in [0.15, 0.2) is 5.69 Å². The third kappa shape index (κ3) is 3.71. The molecule has 0 spiro atoms. The SMILES string of the molecule is CCOCCN(CC)C(=O)c1ncccc1O. The number of amides is 1. The molecule has 1 amide bonds. The van der Waals surface area contributed by atoms with Gasteiger partial charge in [0.1, 0.15) is 5.75 Å². The number of hydrogen-bond acceptors (Lipinski definition) is 4. The normalized spacial score (nSPS) is 10.2. The van der Waals surface area contributed by atoms with Gasteiger partial charge in [-0.1, -0.05) is 0 Å². The minimum Gasteiger partial charge on any atom is -0.505 e. The molecule has 0 bridgehead atoms. The summed E-state index contributed by atoms with van der Waals surface area (Å²) in [5, 5.41) is 9.56. The first-order valence-electron chi connectivity index (χ1n) is 5.71. The Labute approximate surface area is 101 Å². The topological polar surface area (TPSA) is 62.7 Å². The van der Waals surface area contributed by atoms with Crippen LogP contribution in [0.25, 0.3) is 0 Å². The van der Waals surface area contributed by atoms with Crippen molar-refractivity contribution in [3.8, 4) is 5.75 Å². The summed E-state index contributed by atoms with van der Waals surface area (Å²) in [6, 6.07) is 3.04. The van der Waals surface area contributed by atoms with Gasteiger partial charge < -0.3 is 14.7 Å². The predicted octanol–water partition coefficient (Wildman–Crippen LogP) is 1.29. The van der Waals surface area contributed by atoms with Crippen LogP contribution in [0.3, 0.4) is 0 Å². The first-order valence-corrected chi connectivity index (χ1v) is 5.71. The molecule has 1 aromatic heterocycles.